The molecule has 2 aliphatic rings. The lowest BCUT2D eigenvalue weighted by Gasteiger charge is -2.41. The first kappa shape index (κ1) is 11.3. The van der Waals surface area contributed by atoms with Gasteiger partial charge in [0.25, 0.3) is 0 Å². The van der Waals surface area contributed by atoms with Gasteiger partial charge < -0.3 is 24.9 Å². The fraction of sp³-hybridized carbons (Fsp3) is 1.00. The van der Waals surface area contributed by atoms with Crippen LogP contribution in [0, 0.1) is 5.92 Å². The van der Waals surface area contributed by atoms with E-state index in [1.54, 1.807) is 0 Å². The molecule has 2 saturated heterocycles. The van der Waals surface area contributed by atoms with Gasteiger partial charge in [0.05, 0.1) is 18.8 Å². The molecule has 0 aromatic heterocycles. The van der Waals surface area contributed by atoms with Crippen LogP contribution in [0.3, 0.4) is 0 Å². The van der Waals surface area contributed by atoms with Crippen LogP contribution >= 0.6 is 0 Å². The molecule has 0 bridgehead atoms. The van der Waals surface area contributed by atoms with E-state index in [2.05, 4.69) is 0 Å². The van der Waals surface area contributed by atoms with Crippen molar-refractivity contribution in [2.75, 3.05) is 20.3 Å². The van der Waals surface area contributed by atoms with Crippen molar-refractivity contribution < 1.29 is 24.9 Å². The zero-order valence-electron chi connectivity index (χ0n) is 8.61. The summed E-state index contributed by atoms with van der Waals surface area (Å²) in [4.78, 5) is 0. The SMILES string of the molecule is CO[C@H]1O[C@H](CO)[C@@H](O)[C@@H]2CCN(O)[C@H]12. The van der Waals surface area contributed by atoms with Crippen molar-refractivity contribution in [2.24, 2.45) is 5.92 Å². The Hall–Kier alpha value is -0.240. The van der Waals surface area contributed by atoms with Gasteiger partial charge in [0.1, 0.15) is 6.10 Å². The second-order valence-electron chi connectivity index (χ2n) is 4.06. The van der Waals surface area contributed by atoms with Gasteiger partial charge in [-0.1, -0.05) is 0 Å². The number of nitrogens with zero attached hydrogens (tertiary/aromatic N) is 1. The minimum absolute atomic E-state index is 0.106. The highest BCUT2D eigenvalue weighted by atomic mass is 16.7. The van der Waals surface area contributed by atoms with Crippen molar-refractivity contribution in [3.63, 3.8) is 0 Å². The van der Waals surface area contributed by atoms with E-state index in [9.17, 15) is 10.3 Å². The summed E-state index contributed by atoms with van der Waals surface area (Å²) in [5, 5.41) is 29.7. The van der Waals surface area contributed by atoms with Crippen LogP contribution in [0.25, 0.3) is 0 Å². The fourth-order valence-corrected chi connectivity index (χ4v) is 2.49. The fourth-order valence-electron chi connectivity index (χ4n) is 2.49. The summed E-state index contributed by atoms with van der Waals surface area (Å²) in [7, 11) is 1.49. The standard InChI is InChI=1S/C9H17NO5/c1-14-9-7-5(2-3-10(7)13)8(12)6(4-11)15-9/h5-9,11-13H,2-4H2,1H3/t5-,6-,7+,8+,9+/m1/s1. The summed E-state index contributed by atoms with van der Waals surface area (Å²) in [6.07, 6.45) is -1.28. The van der Waals surface area contributed by atoms with Gasteiger partial charge in [0.2, 0.25) is 0 Å². The van der Waals surface area contributed by atoms with Crippen molar-refractivity contribution in [1.82, 2.24) is 5.06 Å². The van der Waals surface area contributed by atoms with Crippen LogP contribution in [0.1, 0.15) is 6.42 Å². The molecule has 2 fully saturated rings. The Labute approximate surface area is 88.0 Å². The topological polar surface area (TPSA) is 82.4 Å². The zero-order valence-corrected chi connectivity index (χ0v) is 8.61. The van der Waals surface area contributed by atoms with Gasteiger partial charge in [-0.3, -0.25) is 0 Å². The molecule has 5 atom stereocenters. The normalized spacial score (nSPS) is 46.8. The van der Waals surface area contributed by atoms with E-state index in [1.807, 2.05) is 0 Å². The van der Waals surface area contributed by atoms with Gasteiger partial charge in [-0.05, 0) is 6.42 Å². The molecule has 0 amide bonds. The van der Waals surface area contributed by atoms with Crippen LogP contribution in [-0.2, 0) is 9.47 Å². The average Bonchev–Trinajstić information content (AvgIpc) is 2.63. The number of aliphatic hydroxyl groups excluding tert-OH is 2. The third-order valence-electron chi connectivity index (χ3n) is 3.29. The Bertz CT molecular complexity index is 227. The number of hydrogen-bond acceptors (Lipinski definition) is 6. The van der Waals surface area contributed by atoms with Crippen LogP contribution in [0.5, 0.6) is 0 Å². The van der Waals surface area contributed by atoms with E-state index < -0.39 is 18.5 Å². The van der Waals surface area contributed by atoms with Gasteiger partial charge in [0.15, 0.2) is 6.29 Å². The minimum Gasteiger partial charge on any atom is -0.394 e. The lowest BCUT2D eigenvalue weighted by atomic mass is 9.88. The second-order valence-corrected chi connectivity index (χ2v) is 4.06. The number of hydroxylamine groups is 2. The molecule has 6 nitrogen and oxygen atoms in total. The zero-order chi connectivity index (χ0) is 11.0. The van der Waals surface area contributed by atoms with Crippen molar-refractivity contribution in [2.45, 2.75) is 31.0 Å². The molecule has 2 aliphatic heterocycles. The minimum atomic E-state index is -0.747. The van der Waals surface area contributed by atoms with Gasteiger partial charge >= 0.3 is 0 Å². The quantitative estimate of drug-likeness (QED) is 0.540. The number of ether oxygens (including phenoxy) is 2. The summed E-state index contributed by atoms with van der Waals surface area (Å²) >= 11 is 0. The lowest BCUT2D eigenvalue weighted by molar-refractivity contribution is -0.286. The van der Waals surface area contributed by atoms with Crippen molar-refractivity contribution >= 4 is 0 Å². The Morgan fingerprint density at radius 1 is 1.53 bits per heavy atom. The van der Waals surface area contributed by atoms with Crippen LogP contribution in [0.2, 0.25) is 0 Å². The molecule has 6 heteroatoms. The number of aliphatic hydroxyl groups is 2. The lowest BCUT2D eigenvalue weighted by Crippen LogP contribution is -2.57. The summed E-state index contributed by atoms with van der Waals surface area (Å²) in [5.74, 6) is -0.106. The molecule has 0 radical (unpaired) electrons. The molecule has 88 valence electrons. The van der Waals surface area contributed by atoms with Crippen LogP contribution in [-0.4, -0.2) is 65.3 Å². The predicted molar refractivity (Wildman–Crippen MR) is 49.2 cm³/mol. The van der Waals surface area contributed by atoms with E-state index in [1.165, 1.54) is 7.11 Å². The molecular formula is C9H17NO5. The van der Waals surface area contributed by atoms with Crippen molar-refractivity contribution in [3.05, 3.63) is 0 Å². The van der Waals surface area contributed by atoms with Gasteiger partial charge in [-0.2, -0.15) is 5.06 Å². The monoisotopic (exact) mass is 219 g/mol. The van der Waals surface area contributed by atoms with E-state index in [-0.39, 0.29) is 18.6 Å². The van der Waals surface area contributed by atoms with E-state index >= 15 is 0 Å². The number of hydrogen-bond donors (Lipinski definition) is 3. The average molecular weight is 219 g/mol. The molecule has 0 aromatic rings. The largest absolute Gasteiger partial charge is 0.394 e. The van der Waals surface area contributed by atoms with Crippen LogP contribution in [0.4, 0.5) is 0 Å². The highest BCUT2D eigenvalue weighted by Gasteiger charge is 2.50. The first-order valence-corrected chi connectivity index (χ1v) is 5.11. The number of fused-ring (bicyclic) bond motifs is 1. The number of rotatable bonds is 2. The number of methoxy groups -OCH3 is 1. The molecule has 0 saturated carbocycles. The molecule has 2 heterocycles. The Balaban J connectivity index is 2.15. The molecule has 0 aliphatic carbocycles. The predicted octanol–water partition coefficient (Wildman–Crippen LogP) is -1.21. The van der Waals surface area contributed by atoms with E-state index in [0.717, 1.165) is 5.06 Å². The van der Waals surface area contributed by atoms with Crippen molar-refractivity contribution in [1.29, 1.82) is 0 Å². The summed E-state index contributed by atoms with van der Waals surface area (Å²) in [5.41, 5.74) is 0. The van der Waals surface area contributed by atoms with Crippen LogP contribution in [0.15, 0.2) is 0 Å². The van der Waals surface area contributed by atoms with Crippen LogP contribution < -0.4 is 0 Å². The highest BCUT2D eigenvalue weighted by molar-refractivity contribution is 4.96. The molecule has 0 unspecified atom stereocenters. The molecule has 3 N–H and O–H groups in total. The molecule has 15 heavy (non-hydrogen) atoms. The Morgan fingerprint density at radius 2 is 2.27 bits per heavy atom. The Morgan fingerprint density at radius 3 is 2.87 bits per heavy atom. The maximum Gasteiger partial charge on any atom is 0.175 e. The Kier molecular flexibility index (Phi) is 3.24. The second kappa shape index (κ2) is 4.32. The maximum absolute atomic E-state index is 9.89. The van der Waals surface area contributed by atoms with E-state index in [4.69, 9.17) is 14.6 Å². The molecule has 0 spiro atoms. The van der Waals surface area contributed by atoms with Gasteiger partial charge in [-0.25, -0.2) is 0 Å². The molecule has 2 rings (SSSR count). The molecule has 0 aromatic carbocycles. The van der Waals surface area contributed by atoms with Crippen molar-refractivity contribution in [3.8, 4) is 0 Å². The maximum atomic E-state index is 9.89. The highest BCUT2D eigenvalue weighted by Crippen LogP contribution is 2.36. The van der Waals surface area contributed by atoms with Gasteiger partial charge in [0, 0.05) is 19.6 Å². The van der Waals surface area contributed by atoms with E-state index in [0.29, 0.717) is 13.0 Å². The first-order valence-electron chi connectivity index (χ1n) is 5.11. The third kappa shape index (κ3) is 1.77. The summed E-state index contributed by atoms with van der Waals surface area (Å²) in [6, 6.07) is -0.340. The summed E-state index contributed by atoms with van der Waals surface area (Å²) < 4.78 is 10.5. The smallest absolute Gasteiger partial charge is 0.175 e. The summed E-state index contributed by atoms with van der Waals surface area (Å²) in [6.45, 7) is 0.253. The van der Waals surface area contributed by atoms with Gasteiger partial charge in [-0.15, -0.1) is 0 Å². The third-order valence-corrected chi connectivity index (χ3v) is 3.29. The molecular weight excluding hydrogens is 202 g/mol. The first-order chi connectivity index (χ1) is 7.19.